The first-order valence-corrected chi connectivity index (χ1v) is 11.4. The Morgan fingerprint density at radius 2 is 1.93 bits per heavy atom. The monoisotopic (exact) mass is 466 g/mol. The molecule has 6 heteroatoms. The zero-order valence-corrected chi connectivity index (χ0v) is 19.8. The van der Waals surface area contributed by atoms with Gasteiger partial charge in [0.15, 0.2) is 18.1 Å². The molecule has 162 valence electrons. The van der Waals surface area contributed by atoms with E-state index in [1.54, 1.807) is 5.57 Å². The van der Waals surface area contributed by atoms with Gasteiger partial charge in [-0.3, -0.25) is 4.79 Å². The number of carbonyl (C=O) groups excluding carboxylic acids is 1. The van der Waals surface area contributed by atoms with Crippen LogP contribution in [0.15, 0.2) is 28.3 Å². The second-order valence-electron chi connectivity index (χ2n) is 8.45. The van der Waals surface area contributed by atoms with Gasteiger partial charge in [-0.2, -0.15) is 0 Å². The highest BCUT2D eigenvalue weighted by molar-refractivity contribution is 9.10. The number of carbonyl (C=O) groups is 1. The molecule has 29 heavy (non-hydrogen) atoms. The van der Waals surface area contributed by atoms with Crippen molar-refractivity contribution in [1.29, 1.82) is 0 Å². The number of rotatable bonds is 10. The molecule has 2 rings (SSSR count). The van der Waals surface area contributed by atoms with Gasteiger partial charge in [0.1, 0.15) is 0 Å². The first kappa shape index (κ1) is 23.7. The highest BCUT2D eigenvalue weighted by Gasteiger charge is 2.16. The van der Waals surface area contributed by atoms with Crippen molar-refractivity contribution >= 4 is 21.8 Å². The fourth-order valence-corrected chi connectivity index (χ4v) is 3.76. The number of amides is 1. The van der Waals surface area contributed by atoms with E-state index in [4.69, 9.17) is 9.47 Å². The smallest absolute Gasteiger partial charge is 0.258 e. The number of hydrogen-bond donors (Lipinski definition) is 2. The Labute approximate surface area is 183 Å². The molecule has 0 spiro atoms. The number of allylic oxidation sites excluding steroid dienone is 1. The van der Waals surface area contributed by atoms with Gasteiger partial charge in [-0.1, -0.05) is 27.6 Å². The van der Waals surface area contributed by atoms with Crippen molar-refractivity contribution < 1.29 is 14.3 Å². The molecule has 2 N–H and O–H groups in total. The summed E-state index contributed by atoms with van der Waals surface area (Å²) in [6.45, 7) is 9.98. The van der Waals surface area contributed by atoms with E-state index in [0.717, 1.165) is 29.5 Å². The van der Waals surface area contributed by atoms with Gasteiger partial charge in [0.25, 0.3) is 5.91 Å². The minimum absolute atomic E-state index is 0.0451. The highest BCUT2D eigenvalue weighted by Crippen LogP contribution is 2.34. The van der Waals surface area contributed by atoms with Crippen molar-refractivity contribution in [3.05, 3.63) is 33.8 Å². The largest absolute Gasteiger partial charge is 0.490 e. The summed E-state index contributed by atoms with van der Waals surface area (Å²) in [7, 11) is 0. The average molecular weight is 467 g/mol. The van der Waals surface area contributed by atoms with Crippen LogP contribution in [0, 0.1) is 0 Å². The Hall–Kier alpha value is -1.53. The summed E-state index contributed by atoms with van der Waals surface area (Å²) in [5, 5.41) is 6.42. The molecular weight excluding hydrogens is 432 g/mol. The Bertz CT molecular complexity index is 711. The van der Waals surface area contributed by atoms with Crippen LogP contribution in [0.3, 0.4) is 0 Å². The van der Waals surface area contributed by atoms with Crippen molar-refractivity contribution in [2.45, 2.75) is 71.9 Å². The molecule has 0 aromatic heterocycles. The summed E-state index contributed by atoms with van der Waals surface area (Å²) in [5.74, 6) is 1.07. The van der Waals surface area contributed by atoms with Crippen molar-refractivity contribution in [2.75, 3.05) is 19.8 Å². The summed E-state index contributed by atoms with van der Waals surface area (Å²) in [6.07, 6.45) is 8.64. The van der Waals surface area contributed by atoms with Gasteiger partial charge in [-0.25, -0.2) is 0 Å². The van der Waals surface area contributed by atoms with Crippen LogP contribution in [0.25, 0.3) is 0 Å². The number of ether oxygens (including phenoxy) is 2. The molecular formula is C23H35BrN2O3. The fourth-order valence-electron chi connectivity index (χ4n) is 3.30. The Balaban J connectivity index is 1.93. The summed E-state index contributed by atoms with van der Waals surface area (Å²) in [6, 6.07) is 3.87. The predicted molar refractivity (Wildman–Crippen MR) is 122 cm³/mol. The lowest BCUT2D eigenvalue weighted by Crippen LogP contribution is -2.43. The molecule has 0 heterocycles. The summed E-state index contributed by atoms with van der Waals surface area (Å²) >= 11 is 3.63. The molecule has 0 atom stereocenters. The quantitative estimate of drug-likeness (QED) is 0.370. The van der Waals surface area contributed by atoms with Gasteiger partial charge in [-0.15, -0.1) is 0 Å². The van der Waals surface area contributed by atoms with E-state index >= 15 is 0 Å². The third-order valence-electron chi connectivity index (χ3n) is 4.61. The van der Waals surface area contributed by atoms with E-state index in [1.165, 1.54) is 25.7 Å². The molecule has 0 fully saturated rings. The first-order chi connectivity index (χ1) is 13.8. The maximum Gasteiger partial charge on any atom is 0.258 e. The Morgan fingerprint density at radius 3 is 2.59 bits per heavy atom. The van der Waals surface area contributed by atoms with Crippen LogP contribution >= 0.6 is 15.9 Å². The van der Waals surface area contributed by atoms with Crippen molar-refractivity contribution in [3.8, 4) is 11.5 Å². The lowest BCUT2D eigenvalue weighted by atomic mass is 9.97. The van der Waals surface area contributed by atoms with Crippen LogP contribution in [0.2, 0.25) is 0 Å². The maximum atomic E-state index is 12.1. The third-order valence-corrected chi connectivity index (χ3v) is 5.35. The summed E-state index contributed by atoms with van der Waals surface area (Å²) in [4.78, 5) is 12.1. The maximum absolute atomic E-state index is 12.1. The molecule has 1 aromatic rings. The van der Waals surface area contributed by atoms with Crippen LogP contribution in [-0.2, 0) is 11.3 Å². The van der Waals surface area contributed by atoms with E-state index in [9.17, 15) is 4.79 Å². The molecule has 0 radical (unpaired) electrons. The minimum atomic E-state index is -0.285. The topological polar surface area (TPSA) is 59.6 Å². The van der Waals surface area contributed by atoms with Crippen LogP contribution < -0.4 is 20.1 Å². The Kier molecular flexibility index (Phi) is 9.50. The van der Waals surface area contributed by atoms with Gasteiger partial charge in [-0.05, 0) is 84.0 Å². The van der Waals surface area contributed by atoms with Crippen LogP contribution in [0.1, 0.15) is 65.4 Å². The van der Waals surface area contributed by atoms with E-state index in [2.05, 4.69) is 32.6 Å². The fraction of sp³-hybridized carbons (Fsp3) is 0.609. The number of benzene rings is 1. The lowest BCUT2D eigenvalue weighted by molar-refractivity contribution is -0.124. The zero-order chi connectivity index (χ0) is 21.3. The normalized spacial score (nSPS) is 14.3. The van der Waals surface area contributed by atoms with Crippen molar-refractivity contribution in [2.24, 2.45) is 0 Å². The van der Waals surface area contributed by atoms with Crippen LogP contribution in [0.4, 0.5) is 0 Å². The van der Waals surface area contributed by atoms with E-state index in [-0.39, 0.29) is 18.1 Å². The summed E-state index contributed by atoms with van der Waals surface area (Å²) in [5.41, 5.74) is 2.40. The van der Waals surface area contributed by atoms with Gasteiger partial charge >= 0.3 is 0 Å². The minimum Gasteiger partial charge on any atom is -0.490 e. The molecule has 0 saturated heterocycles. The van der Waals surface area contributed by atoms with E-state index in [0.29, 0.717) is 18.1 Å². The lowest BCUT2D eigenvalue weighted by Gasteiger charge is -2.21. The summed E-state index contributed by atoms with van der Waals surface area (Å²) < 4.78 is 12.4. The number of halogens is 1. The van der Waals surface area contributed by atoms with Gasteiger partial charge in [0.2, 0.25) is 0 Å². The molecule has 0 unspecified atom stereocenters. The van der Waals surface area contributed by atoms with Gasteiger partial charge in [0, 0.05) is 16.6 Å². The highest BCUT2D eigenvalue weighted by atomic mass is 79.9. The molecule has 0 bridgehead atoms. The molecule has 0 aliphatic heterocycles. The van der Waals surface area contributed by atoms with Crippen LogP contribution in [0.5, 0.6) is 11.5 Å². The van der Waals surface area contributed by atoms with Gasteiger partial charge in [0.05, 0.1) is 6.61 Å². The third kappa shape index (κ3) is 8.79. The van der Waals surface area contributed by atoms with E-state index in [1.807, 2.05) is 39.8 Å². The molecule has 1 aromatic carbocycles. The van der Waals surface area contributed by atoms with E-state index < -0.39 is 0 Å². The van der Waals surface area contributed by atoms with Crippen molar-refractivity contribution in [3.63, 3.8) is 0 Å². The predicted octanol–water partition coefficient (Wildman–Crippen LogP) is 5.12. The first-order valence-electron chi connectivity index (χ1n) is 10.6. The molecule has 0 saturated carbocycles. The molecule has 1 aliphatic carbocycles. The average Bonchev–Trinajstić information content (AvgIpc) is 2.65. The zero-order valence-electron chi connectivity index (χ0n) is 18.2. The Morgan fingerprint density at radius 1 is 1.17 bits per heavy atom. The molecule has 1 aliphatic rings. The number of nitrogens with one attached hydrogen (secondary N) is 2. The van der Waals surface area contributed by atoms with Crippen LogP contribution in [-0.4, -0.2) is 31.2 Å². The second kappa shape index (κ2) is 11.6. The standard InChI is InChI=1S/C23H35BrN2O3/c1-5-28-20-13-18(15-25-12-11-17-9-7-6-8-10-17)19(24)14-21(20)29-16-22(27)26-23(2,3)4/h9,13-14,25H,5-8,10-12,15-16H2,1-4H3,(H,26,27). The van der Waals surface area contributed by atoms with Crippen molar-refractivity contribution in [1.82, 2.24) is 10.6 Å². The number of hydrogen-bond acceptors (Lipinski definition) is 4. The molecule has 1 amide bonds. The molecule has 5 nitrogen and oxygen atoms in total. The SMILES string of the molecule is CCOc1cc(CNCCC2=CCCCC2)c(Br)cc1OCC(=O)NC(C)(C)C. The second-order valence-corrected chi connectivity index (χ2v) is 9.30. The van der Waals surface area contributed by atoms with Gasteiger partial charge < -0.3 is 20.1 Å².